The minimum absolute atomic E-state index is 0.0826. The monoisotopic (exact) mass is 388 g/mol. The molecule has 2 amide bonds. The van der Waals surface area contributed by atoms with Crippen molar-refractivity contribution < 1.29 is 9.59 Å². The van der Waals surface area contributed by atoms with Gasteiger partial charge in [0.2, 0.25) is 11.9 Å². The Morgan fingerprint density at radius 1 is 1.14 bits per heavy atom. The summed E-state index contributed by atoms with van der Waals surface area (Å²) in [6, 6.07) is 11.1. The molecule has 0 radical (unpaired) electrons. The van der Waals surface area contributed by atoms with Gasteiger partial charge in [0.25, 0.3) is 5.91 Å². The minimum atomic E-state index is -0.346. The van der Waals surface area contributed by atoms with Gasteiger partial charge in [-0.25, -0.2) is 15.0 Å². The molecule has 1 aliphatic heterocycles. The number of aromatic nitrogens is 3. The molecule has 2 N–H and O–H groups in total. The normalized spacial score (nSPS) is 15.9. The van der Waals surface area contributed by atoms with Crippen molar-refractivity contribution >= 4 is 34.5 Å². The van der Waals surface area contributed by atoms with Gasteiger partial charge < -0.3 is 15.5 Å². The number of hydrogen-bond acceptors (Lipinski definition) is 6. The molecule has 1 aromatic carbocycles. The smallest absolute Gasteiger partial charge is 0.255 e. The van der Waals surface area contributed by atoms with Crippen molar-refractivity contribution in [3.63, 3.8) is 0 Å². The number of nitrogens with one attached hydrogen (secondary N) is 2. The number of benzene rings is 1. The van der Waals surface area contributed by atoms with Crippen LogP contribution in [0.1, 0.15) is 16.8 Å². The van der Waals surface area contributed by atoms with Gasteiger partial charge in [-0.1, -0.05) is 24.8 Å². The maximum absolute atomic E-state index is 12.7. The summed E-state index contributed by atoms with van der Waals surface area (Å²) in [7, 11) is 0. The first-order valence-corrected chi connectivity index (χ1v) is 9.29. The van der Waals surface area contributed by atoms with E-state index in [1.54, 1.807) is 23.2 Å². The third-order valence-electron chi connectivity index (χ3n) is 4.74. The summed E-state index contributed by atoms with van der Waals surface area (Å²) in [6.45, 7) is 4.59. The highest BCUT2D eigenvalue weighted by molar-refractivity contribution is 5.99. The highest BCUT2D eigenvalue weighted by atomic mass is 16.2. The second-order valence-corrected chi connectivity index (χ2v) is 6.76. The molecule has 0 aliphatic carbocycles. The van der Waals surface area contributed by atoms with Crippen LogP contribution in [0.2, 0.25) is 0 Å². The molecule has 1 atom stereocenters. The fraction of sp³-hybridized carbons (Fsp3) is 0.190. The molecule has 0 unspecified atom stereocenters. The number of para-hydroxylation sites is 1. The molecule has 0 spiro atoms. The zero-order chi connectivity index (χ0) is 20.2. The van der Waals surface area contributed by atoms with Crippen molar-refractivity contribution in [2.24, 2.45) is 0 Å². The Labute approximate surface area is 167 Å². The number of pyridine rings is 1. The lowest BCUT2D eigenvalue weighted by molar-refractivity contribution is -0.111. The molecule has 1 saturated heterocycles. The van der Waals surface area contributed by atoms with Crippen molar-refractivity contribution in [3.8, 4) is 0 Å². The Kier molecular flexibility index (Phi) is 5.15. The van der Waals surface area contributed by atoms with E-state index >= 15 is 0 Å². The molecule has 3 aromatic rings. The van der Waals surface area contributed by atoms with Crippen LogP contribution in [0, 0.1) is 0 Å². The second-order valence-electron chi connectivity index (χ2n) is 6.76. The Morgan fingerprint density at radius 2 is 2.00 bits per heavy atom. The van der Waals surface area contributed by atoms with Gasteiger partial charge in [0.15, 0.2) is 0 Å². The maximum Gasteiger partial charge on any atom is 0.255 e. The fourth-order valence-corrected chi connectivity index (χ4v) is 3.24. The average molecular weight is 388 g/mol. The summed E-state index contributed by atoms with van der Waals surface area (Å²) in [4.78, 5) is 38.8. The standard InChI is InChI=1S/C21H20N6O2/c1-2-19(28)26-18-8-7-15(12-22-18)20(29)27-10-9-16(13-27)24-21-23-11-14-5-3-4-6-17(14)25-21/h2-8,11-12,16H,1,9-10,13H2,(H,22,26,28)(H,23,24,25)/t16-/m1/s1. The van der Waals surface area contributed by atoms with Crippen LogP contribution in [0.5, 0.6) is 0 Å². The van der Waals surface area contributed by atoms with E-state index in [1.807, 2.05) is 24.3 Å². The van der Waals surface area contributed by atoms with Gasteiger partial charge in [0.05, 0.1) is 11.1 Å². The van der Waals surface area contributed by atoms with E-state index in [1.165, 1.54) is 6.20 Å². The molecule has 0 saturated carbocycles. The maximum atomic E-state index is 12.7. The third kappa shape index (κ3) is 4.21. The Morgan fingerprint density at radius 3 is 2.79 bits per heavy atom. The van der Waals surface area contributed by atoms with Crippen molar-refractivity contribution in [1.29, 1.82) is 0 Å². The topological polar surface area (TPSA) is 100 Å². The van der Waals surface area contributed by atoms with Gasteiger partial charge >= 0.3 is 0 Å². The summed E-state index contributed by atoms with van der Waals surface area (Å²) in [5.74, 6) is 0.497. The molecule has 2 aromatic heterocycles. The lowest BCUT2D eigenvalue weighted by Gasteiger charge is -2.17. The van der Waals surface area contributed by atoms with Gasteiger partial charge in [-0.15, -0.1) is 0 Å². The van der Waals surface area contributed by atoms with E-state index < -0.39 is 0 Å². The highest BCUT2D eigenvalue weighted by Gasteiger charge is 2.27. The minimum Gasteiger partial charge on any atom is -0.350 e. The first-order valence-electron chi connectivity index (χ1n) is 9.29. The number of amides is 2. The van der Waals surface area contributed by atoms with Crippen molar-refractivity contribution in [3.05, 3.63) is 67.0 Å². The molecule has 8 heteroatoms. The summed E-state index contributed by atoms with van der Waals surface area (Å²) in [5.41, 5.74) is 1.36. The van der Waals surface area contributed by atoms with Crippen LogP contribution in [0.25, 0.3) is 10.9 Å². The summed E-state index contributed by atoms with van der Waals surface area (Å²) in [6.07, 6.45) is 5.23. The molecule has 146 valence electrons. The van der Waals surface area contributed by atoms with Crippen LogP contribution in [-0.4, -0.2) is 50.8 Å². The van der Waals surface area contributed by atoms with Gasteiger partial charge in [0, 0.05) is 36.9 Å². The van der Waals surface area contributed by atoms with E-state index in [-0.39, 0.29) is 17.9 Å². The zero-order valence-electron chi connectivity index (χ0n) is 15.7. The SMILES string of the molecule is C=CC(=O)Nc1ccc(C(=O)N2CC[C@@H](Nc3ncc4ccccc4n3)C2)cn1. The number of anilines is 2. The molecule has 8 nitrogen and oxygen atoms in total. The molecule has 1 aliphatic rings. The summed E-state index contributed by atoms with van der Waals surface area (Å²) in [5, 5.41) is 6.86. The summed E-state index contributed by atoms with van der Waals surface area (Å²) >= 11 is 0. The Hall–Kier alpha value is -3.81. The number of carbonyl (C=O) groups is 2. The number of carbonyl (C=O) groups excluding carboxylic acids is 2. The molecule has 0 bridgehead atoms. The van der Waals surface area contributed by atoms with Gasteiger partial charge in [-0.3, -0.25) is 9.59 Å². The van der Waals surface area contributed by atoms with Gasteiger partial charge in [-0.05, 0) is 30.7 Å². The Bertz CT molecular complexity index is 1070. The first-order chi connectivity index (χ1) is 14.1. The number of likely N-dealkylation sites (tertiary alicyclic amines) is 1. The lowest BCUT2D eigenvalue weighted by atomic mass is 10.2. The highest BCUT2D eigenvalue weighted by Crippen LogP contribution is 2.18. The van der Waals surface area contributed by atoms with Crippen LogP contribution in [0.4, 0.5) is 11.8 Å². The first kappa shape index (κ1) is 18.5. The number of hydrogen-bond donors (Lipinski definition) is 2. The molecular weight excluding hydrogens is 368 g/mol. The van der Waals surface area contributed by atoms with Crippen LogP contribution >= 0.6 is 0 Å². The summed E-state index contributed by atoms with van der Waals surface area (Å²) < 4.78 is 0. The average Bonchev–Trinajstić information content (AvgIpc) is 3.22. The quantitative estimate of drug-likeness (QED) is 0.652. The van der Waals surface area contributed by atoms with E-state index in [0.717, 1.165) is 23.4 Å². The van der Waals surface area contributed by atoms with Crippen LogP contribution in [0.15, 0.2) is 61.4 Å². The molecule has 1 fully saturated rings. The van der Waals surface area contributed by atoms with Crippen molar-refractivity contribution in [2.45, 2.75) is 12.5 Å². The van der Waals surface area contributed by atoms with Gasteiger partial charge in [0.1, 0.15) is 5.82 Å². The molecular formula is C21H20N6O2. The number of rotatable bonds is 5. The van der Waals surface area contributed by atoms with E-state index in [2.05, 4.69) is 32.2 Å². The van der Waals surface area contributed by atoms with E-state index in [4.69, 9.17) is 0 Å². The zero-order valence-corrected chi connectivity index (χ0v) is 15.7. The fourth-order valence-electron chi connectivity index (χ4n) is 3.24. The predicted molar refractivity (Wildman–Crippen MR) is 111 cm³/mol. The second kappa shape index (κ2) is 8.05. The molecule has 29 heavy (non-hydrogen) atoms. The number of fused-ring (bicyclic) bond motifs is 1. The van der Waals surface area contributed by atoms with Crippen LogP contribution in [0.3, 0.4) is 0 Å². The lowest BCUT2D eigenvalue weighted by Crippen LogP contribution is -2.32. The Balaban J connectivity index is 1.37. The predicted octanol–water partition coefficient (Wildman–Crippen LogP) is 2.48. The molecule has 4 rings (SSSR count). The van der Waals surface area contributed by atoms with Crippen LogP contribution in [-0.2, 0) is 4.79 Å². The van der Waals surface area contributed by atoms with Gasteiger partial charge in [-0.2, -0.15) is 0 Å². The largest absolute Gasteiger partial charge is 0.350 e. The van der Waals surface area contributed by atoms with Crippen LogP contribution < -0.4 is 10.6 Å². The van der Waals surface area contributed by atoms with E-state index in [9.17, 15) is 9.59 Å². The molecule has 3 heterocycles. The van der Waals surface area contributed by atoms with E-state index in [0.29, 0.717) is 30.4 Å². The van der Waals surface area contributed by atoms with Crippen molar-refractivity contribution in [2.75, 3.05) is 23.7 Å². The number of nitrogens with zero attached hydrogens (tertiary/aromatic N) is 4. The third-order valence-corrected chi connectivity index (χ3v) is 4.74. The van der Waals surface area contributed by atoms with Crippen molar-refractivity contribution in [1.82, 2.24) is 19.9 Å².